The van der Waals surface area contributed by atoms with Crippen LogP contribution in [0.3, 0.4) is 0 Å². The minimum atomic E-state index is 0.945. The molecule has 0 aliphatic heterocycles. The molecule has 0 bridgehead atoms. The number of thioether (sulfide) groups is 1. The largest absolute Gasteiger partial charge is 0.122 e. The summed E-state index contributed by atoms with van der Waals surface area (Å²) >= 11 is 1.79. The minimum absolute atomic E-state index is 0.945. The molecule has 18 heavy (non-hydrogen) atoms. The van der Waals surface area contributed by atoms with Crippen LogP contribution in [0.5, 0.6) is 0 Å². The molecule has 0 spiro atoms. The summed E-state index contributed by atoms with van der Waals surface area (Å²) in [5.74, 6) is 0.945. The molecule has 0 aliphatic carbocycles. The molecule has 0 unspecified atom stereocenters. The van der Waals surface area contributed by atoms with E-state index in [0.29, 0.717) is 0 Å². The van der Waals surface area contributed by atoms with E-state index in [2.05, 4.69) is 43.0 Å². The van der Waals surface area contributed by atoms with Gasteiger partial charge in [-0.15, -0.1) is 18.3 Å². The average molecular weight is 251 g/mol. The van der Waals surface area contributed by atoms with Gasteiger partial charge in [-0.05, 0) is 28.8 Å². The smallest absolute Gasteiger partial charge is 0.0158 e. The van der Waals surface area contributed by atoms with Crippen molar-refractivity contribution in [3.05, 3.63) is 73.3 Å². The van der Waals surface area contributed by atoms with E-state index in [1.165, 1.54) is 16.0 Å². The molecule has 0 heterocycles. The first-order valence-electron chi connectivity index (χ1n) is 5.82. The van der Waals surface area contributed by atoms with Crippen LogP contribution in [0, 0.1) is 6.58 Å². The Balaban J connectivity index is 2.17. The molecule has 2 aromatic carbocycles. The van der Waals surface area contributed by atoms with E-state index in [1.807, 2.05) is 18.2 Å². The maximum atomic E-state index is 5.47. The quantitative estimate of drug-likeness (QED) is 0.527. The fourth-order valence-electron chi connectivity index (χ4n) is 1.69. The van der Waals surface area contributed by atoms with Gasteiger partial charge in [-0.2, -0.15) is 0 Å². The van der Waals surface area contributed by atoms with Crippen LogP contribution in [-0.2, 0) is 0 Å². The van der Waals surface area contributed by atoms with Gasteiger partial charge in [0.05, 0.1) is 0 Å². The number of rotatable bonds is 5. The van der Waals surface area contributed by atoms with Gasteiger partial charge in [0.1, 0.15) is 0 Å². The van der Waals surface area contributed by atoms with Crippen LogP contribution in [0.25, 0.3) is 17.2 Å². The molecule has 0 fully saturated rings. The highest BCUT2D eigenvalue weighted by Gasteiger charge is 1.98. The third kappa shape index (κ3) is 3.14. The van der Waals surface area contributed by atoms with Crippen LogP contribution in [0.2, 0.25) is 0 Å². The summed E-state index contributed by atoms with van der Waals surface area (Å²) in [6.07, 6.45) is 3.53. The molecule has 0 saturated carbocycles. The SMILES string of the molecule is [CH]=Cc1ccc(-c2ccc(SCC=C)cc2)cc1. The summed E-state index contributed by atoms with van der Waals surface area (Å²) < 4.78 is 0. The number of hydrogen-bond donors (Lipinski definition) is 0. The first kappa shape index (κ1) is 12.7. The lowest BCUT2D eigenvalue weighted by Gasteiger charge is -2.04. The first-order chi connectivity index (χ1) is 8.83. The lowest BCUT2D eigenvalue weighted by molar-refractivity contribution is 1.45. The van der Waals surface area contributed by atoms with Gasteiger partial charge >= 0.3 is 0 Å². The molecule has 0 atom stereocenters. The van der Waals surface area contributed by atoms with Crippen molar-refractivity contribution in [3.63, 3.8) is 0 Å². The van der Waals surface area contributed by atoms with E-state index in [-0.39, 0.29) is 0 Å². The predicted octanol–water partition coefficient (Wildman–Crippen LogP) is 5.08. The Morgan fingerprint density at radius 1 is 0.944 bits per heavy atom. The standard InChI is InChI=1S/C17H15S/c1-3-13-18-17-11-9-16(10-12-17)15-7-5-14(4-2)6-8-15/h2-12H,1,13H2. The summed E-state index contributed by atoms with van der Waals surface area (Å²) in [6.45, 7) is 9.19. The zero-order chi connectivity index (χ0) is 12.8. The Kier molecular flexibility index (Phi) is 4.43. The second kappa shape index (κ2) is 6.27. The van der Waals surface area contributed by atoms with Crippen molar-refractivity contribution in [3.8, 4) is 11.1 Å². The zero-order valence-electron chi connectivity index (χ0n) is 10.2. The minimum Gasteiger partial charge on any atom is -0.122 e. The second-order valence-corrected chi connectivity index (χ2v) is 5.01. The van der Waals surface area contributed by atoms with Crippen molar-refractivity contribution >= 4 is 17.8 Å². The fourth-order valence-corrected chi connectivity index (χ4v) is 2.32. The van der Waals surface area contributed by atoms with E-state index < -0.39 is 0 Å². The molecule has 0 N–H and O–H groups in total. The van der Waals surface area contributed by atoms with Crippen molar-refractivity contribution in [2.24, 2.45) is 0 Å². The molecular weight excluding hydrogens is 236 g/mol. The maximum Gasteiger partial charge on any atom is 0.0158 e. The summed E-state index contributed by atoms with van der Waals surface area (Å²) in [4.78, 5) is 1.27. The normalized spacial score (nSPS) is 10.0. The average Bonchev–Trinajstić information content (AvgIpc) is 2.46. The van der Waals surface area contributed by atoms with Gasteiger partial charge in [-0.3, -0.25) is 0 Å². The van der Waals surface area contributed by atoms with Gasteiger partial charge in [0.25, 0.3) is 0 Å². The first-order valence-corrected chi connectivity index (χ1v) is 6.81. The summed E-state index contributed by atoms with van der Waals surface area (Å²) in [6, 6.07) is 16.8. The van der Waals surface area contributed by atoms with Crippen molar-refractivity contribution in [2.45, 2.75) is 4.90 Å². The number of hydrogen-bond acceptors (Lipinski definition) is 1. The Morgan fingerprint density at radius 2 is 1.50 bits per heavy atom. The van der Waals surface area contributed by atoms with Crippen molar-refractivity contribution in [1.29, 1.82) is 0 Å². The van der Waals surface area contributed by atoms with Crippen LogP contribution in [-0.4, -0.2) is 5.75 Å². The highest BCUT2D eigenvalue weighted by molar-refractivity contribution is 7.99. The fraction of sp³-hybridized carbons (Fsp3) is 0.0588. The van der Waals surface area contributed by atoms with Crippen LogP contribution in [0.4, 0.5) is 0 Å². The summed E-state index contributed by atoms with van der Waals surface area (Å²) in [5, 5.41) is 0. The lowest BCUT2D eigenvalue weighted by Crippen LogP contribution is -1.79. The zero-order valence-corrected chi connectivity index (χ0v) is 11.0. The van der Waals surface area contributed by atoms with E-state index in [1.54, 1.807) is 17.8 Å². The van der Waals surface area contributed by atoms with Gasteiger partial charge in [0.2, 0.25) is 0 Å². The molecule has 0 amide bonds. The van der Waals surface area contributed by atoms with Crippen molar-refractivity contribution in [1.82, 2.24) is 0 Å². The van der Waals surface area contributed by atoms with Gasteiger partial charge in [-0.25, -0.2) is 0 Å². The molecule has 89 valence electrons. The topological polar surface area (TPSA) is 0 Å². The van der Waals surface area contributed by atoms with E-state index >= 15 is 0 Å². The molecule has 0 aromatic heterocycles. The Labute approximate surface area is 113 Å². The van der Waals surface area contributed by atoms with E-state index in [9.17, 15) is 0 Å². The van der Waals surface area contributed by atoms with Gasteiger partial charge in [0.15, 0.2) is 0 Å². The van der Waals surface area contributed by atoms with Crippen LogP contribution < -0.4 is 0 Å². The van der Waals surface area contributed by atoms with Gasteiger partial charge in [-0.1, -0.05) is 55.1 Å². The van der Waals surface area contributed by atoms with Crippen LogP contribution in [0.15, 0.2) is 66.1 Å². The van der Waals surface area contributed by atoms with E-state index in [4.69, 9.17) is 6.58 Å². The molecule has 1 heteroatoms. The highest BCUT2D eigenvalue weighted by atomic mass is 32.2. The third-order valence-electron chi connectivity index (χ3n) is 2.66. The third-order valence-corrected chi connectivity index (χ3v) is 3.67. The van der Waals surface area contributed by atoms with Crippen molar-refractivity contribution in [2.75, 3.05) is 5.75 Å². The Bertz CT molecular complexity index is 521. The van der Waals surface area contributed by atoms with Gasteiger partial charge in [0, 0.05) is 10.6 Å². The summed E-state index contributed by atoms with van der Waals surface area (Å²) in [7, 11) is 0. The predicted molar refractivity (Wildman–Crippen MR) is 81.6 cm³/mol. The Hall–Kier alpha value is -1.73. The van der Waals surface area contributed by atoms with Crippen molar-refractivity contribution < 1.29 is 0 Å². The molecular formula is C17H15S. The van der Waals surface area contributed by atoms with E-state index in [0.717, 1.165) is 11.3 Å². The highest BCUT2D eigenvalue weighted by Crippen LogP contribution is 2.24. The monoisotopic (exact) mass is 251 g/mol. The Morgan fingerprint density at radius 3 is 2.00 bits per heavy atom. The lowest BCUT2D eigenvalue weighted by atomic mass is 10.0. The maximum absolute atomic E-state index is 5.47. The molecule has 1 radical (unpaired) electrons. The van der Waals surface area contributed by atoms with Crippen LogP contribution in [0.1, 0.15) is 5.56 Å². The van der Waals surface area contributed by atoms with Crippen LogP contribution >= 0.6 is 11.8 Å². The summed E-state index contributed by atoms with van der Waals surface area (Å²) in [5.41, 5.74) is 3.47. The molecule has 0 aliphatic rings. The second-order valence-electron chi connectivity index (χ2n) is 3.91. The molecule has 2 rings (SSSR count). The number of benzene rings is 2. The molecule has 2 aromatic rings. The molecule has 0 saturated heterocycles. The van der Waals surface area contributed by atoms with Gasteiger partial charge < -0.3 is 0 Å². The molecule has 0 nitrogen and oxygen atoms in total.